The van der Waals surface area contributed by atoms with Gasteiger partial charge in [-0.05, 0) is 36.1 Å². The summed E-state index contributed by atoms with van der Waals surface area (Å²) >= 11 is 0. The molecular formula is C8H15N. The molecule has 2 saturated carbocycles. The van der Waals surface area contributed by atoms with Crippen molar-refractivity contribution in [3.8, 4) is 0 Å². The van der Waals surface area contributed by atoms with Crippen LogP contribution in [0.15, 0.2) is 0 Å². The Morgan fingerprint density at radius 1 is 1.56 bits per heavy atom. The first kappa shape index (κ1) is 5.72. The SMILES string of the molecule is CC1(C)C2CCC21CN. The van der Waals surface area contributed by atoms with E-state index < -0.39 is 0 Å². The number of fused-ring (bicyclic) bond motifs is 1. The van der Waals surface area contributed by atoms with Crippen LogP contribution in [-0.4, -0.2) is 6.54 Å². The largest absolute Gasteiger partial charge is 0.330 e. The summed E-state index contributed by atoms with van der Waals surface area (Å²) in [5.41, 5.74) is 6.89. The Kier molecular flexibility index (Phi) is 0.760. The van der Waals surface area contributed by atoms with Gasteiger partial charge in [0.1, 0.15) is 0 Å². The second-order valence-corrected chi connectivity index (χ2v) is 4.17. The van der Waals surface area contributed by atoms with Crippen molar-refractivity contribution in [1.29, 1.82) is 0 Å². The Morgan fingerprint density at radius 3 is 2.22 bits per heavy atom. The summed E-state index contributed by atoms with van der Waals surface area (Å²) in [6.45, 7) is 5.64. The van der Waals surface area contributed by atoms with Crippen LogP contribution in [0.4, 0.5) is 0 Å². The molecular weight excluding hydrogens is 110 g/mol. The van der Waals surface area contributed by atoms with E-state index in [4.69, 9.17) is 5.73 Å². The van der Waals surface area contributed by atoms with Crippen LogP contribution in [0.5, 0.6) is 0 Å². The van der Waals surface area contributed by atoms with Crippen molar-refractivity contribution >= 4 is 0 Å². The number of rotatable bonds is 1. The fourth-order valence-corrected chi connectivity index (χ4v) is 2.89. The quantitative estimate of drug-likeness (QED) is 0.563. The van der Waals surface area contributed by atoms with Gasteiger partial charge in [0, 0.05) is 0 Å². The fraction of sp³-hybridized carbons (Fsp3) is 1.00. The molecule has 0 spiro atoms. The molecule has 0 amide bonds. The van der Waals surface area contributed by atoms with Gasteiger partial charge in [-0.25, -0.2) is 0 Å². The van der Waals surface area contributed by atoms with Crippen LogP contribution in [0, 0.1) is 16.7 Å². The minimum absolute atomic E-state index is 0.599. The van der Waals surface area contributed by atoms with Gasteiger partial charge in [0.25, 0.3) is 0 Å². The monoisotopic (exact) mass is 125 g/mol. The van der Waals surface area contributed by atoms with Gasteiger partial charge in [-0.3, -0.25) is 0 Å². The van der Waals surface area contributed by atoms with Crippen LogP contribution in [0.1, 0.15) is 26.7 Å². The van der Waals surface area contributed by atoms with Crippen molar-refractivity contribution in [2.75, 3.05) is 6.54 Å². The normalized spacial score (nSPS) is 51.7. The van der Waals surface area contributed by atoms with E-state index in [0.29, 0.717) is 10.8 Å². The molecule has 0 aromatic carbocycles. The van der Waals surface area contributed by atoms with Crippen molar-refractivity contribution in [1.82, 2.24) is 0 Å². The Labute approximate surface area is 56.6 Å². The molecule has 0 aromatic heterocycles. The third kappa shape index (κ3) is 0.362. The first-order valence-corrected chi connectivity index (χ1v) is 3.85. The number of hydrogen-bond donors (Lipinski definition) is 1. The molecule has 2 aliphatic rings. The summed E-state index contributed by atoms with van der Waals surface area (Å²) in [5, 5.41) is 0. The molecule has 2 aliphatic carbocycles. The first-order valence-electron chi connectivity index (χ1n) is 3.85. The maximum atomic E-state index is 5.69. The molecule has 1 nitrogen and oxygen atoms in total. The van der Waals surface area contributed by atoms with Gasteiger partial charge >= 0.3 is 0 Å². The van der Waals surface area contributed by atoms with Gasteiger partial charge in [0.05, 0.1) is 0 Å². The third-order valence-electron chi connectivity index (χ3n) is 3.98. The van der Waals surface area contributed by atoms with Gasteiger partial charge in [0.15, 0.2) is 0 Å². The Balaban J connectivity index is 2.21. The van der Waals surface area contributed by atoms with E-state index >= 15 is 0 Å². The van der Waals surface area contributed by atoms with Crippen LogP contribution in [0.2, 0.25) is 0 Å². The molecule has 52 valence electrons. The van der Waals surface area contributed by atoms with Crippen LogP contribution in [0.3, 0.4) is 0 Å². The average molecular weight is 125 g/mol. The summed E-state index contributed by atoms with van der Waals surface area (Å²) in [4.78, 5) is 0. The summed E-state index contributed by atoms with van der Waals surface area (Å²) in [6, 6.07) is 0. The van der Waals surface area contributed by atoms with E-state index in [1.54, 1.807) is 0 Å². The second-order valence-electron chi connectivity index (χ2n) is 4.17. The smallest absolute Gasteiger partial charge is 0.00124 e. The lowest BCUT2D eigenvalue weighted by molar-refractivity contribution is 0.289. The van der Waals surface area contributed by atoms with Crippen molar-refractivity contribution in [2.45, 2.75) is 26.7 Å². The average Bonchev–Trinajstić information content (AvgIpc) is 1.92. The van der Waals surface area contributed by atoms with Crippen molar-refractivity contribution in [2.24, 2.45) is 22.5 Å². The predicted octanol–water partition coefficient (Wildman–Crippen LogP) is 1.38. The van der Waals surface area contributed by atoms with Crippen LogP contribution >= 0.6 is 0 Å². The highest BCUT2D eigenvalue weighted by Crippen LogP contribution is 2.79. The maximum Gasteiger partial charge on any atom is -0.00124 e. The summed E-state index contributed by atoms with van der Waals surface area (Å²) in [5.74, 6) is 0.981. The van der Waals surface area contributed by atoms with Gasteiger partial charge in [-0.2, -0.15) is 0 Å². The third-order valence-corrected chi connectivity index (χ3v) is 3.98. The molecule has 0 bridgehead atoms. The molecule has 0 radical (unpaired) electrons. The van der Waals surface area contributed by atoms with Gasteiger partial charge in [-0.15, -0.1) is 0 Å². The minimum Gasteiger partial charge on any atom is -0.330 e. The van der Waals surface area contributed by atoms with Gasteiger partial charge < -0.3 is 5.73 Å². The summed E-state index contributed by atoms with van der Waals surface area (Å²) < 4.78 is 0. The van der Waals surface area contributed by atoms with Gasteiger partial charge in [0.2, 0.25) is 0 Å². The standard InChI is InChI=1S/C8H15N/c1-7(2)6-3-4-8(6,7)5-9/h6H,3-5,9H2,1-2H3. The second kappa shape index (κ2) is 1.20. The van der Waals surface area contributed by atoms with Crippen molar-refractivity contribution in [3.05, 3.63) is 0 Å². The molecule has 0 heterocycles. The summed E-state index contributed by atoms with van der Waals surface area (Å²) in [7, 11) is 0. The molecule has 2 unspecified atom stereocenters. The molecule has 1 heteroatoms. The lowest BCUT2D eigenvalue weighted by Gasteiger charge is -2.23. The van der Waals surface area contributed by atoms with E-state index in [-0.39, 0.29) is 0 Å². The van der Waals surface area contributed by atoms with E-state index in [0.717, 1.165) is 12.5 Å². The lowest BCUT2D eigenvalue weighted by atomic mass is 9.84. The molecule has 2 fully saturated rings. The molecule has 2 N–H and O–H groups in total. The summed E-state index contributed by atoms with van der Waals surface area (Å²) in [6.07, 6.45) is 2.82. The molecule has 2 atom stereocenters. The Hall–Kier alpha value is -0.0400. The highest BCUT2D eigenvalue weighted by molar-refractivity contribution is 5.23. The van der Waals surface area contributed by atoms with Crippen LogP contribution in [-0.2, 0) is 0 Å². The molecule has 9 heavy (non-hydrogen) atoms. The van der Waals surface area contributed by atoms with Crippen LogP contribution in [0.25, 0.3) is 0 Å². The van der Waals surface area contributed by atoms with Crippen molar-refractivity contribution < 1.29 is 0 Å². The molecule has 2 rings (SSSR count). The van der Waals surface area contributed by atoms with E-state index in [1.807, 2.05) is 0 Å². The zero-order chi connectivity index (χ0) is 6.70. The van der Waals surface area contributed by atoms with Gasteiger partial charge in [-0.1, -0.05) is 13.8 Å². The molecule has 0 saturated heterocycles. The Bertz CT molecular complexity index is 147. The predicted molar refractivity (Wildman–Crippen MR) is 38.0 cm³/mol. The highest BCUT2D eigenvalue weighted by atomic mass is 14.8. The topological polar surface area (TPSA) is 26.0 Å². The van der Waals surface area contributed by atoms with E-state index in [2.05, 4.69) is 13.8 Å². The zero-order valence-electron chi connectivity index (χ0n) is 6.28. The van der Waals surface area contributed by atoms with E-state index in [1.165, 1.54) is 12.8 Å². The minimum atomic E-state index is 0.599. The fourth-order valence-electron chi connectivity index (χ4n) is 2.89. The zero-order valence-corrected chi connectivity index (χ0v) is 6.28. The van der Waals surface area contributed by atoms with Crippen LogP contribution < -0.4 is 5.73 Å². The van der Waals surface area contributed by atoms with Crippen molar-refractivity contribution in [3.63, 3.8) is 0 Å². The number of hydrogen-bond acceptors (Lipinski definition) is 1. The first-order chi connectivity index (χ1) is 4.15. The molecule has 0 aliphatic heterocycles. The lowest BCUT2D eigenvalue weighted by Crippen LogP contribution is -2.25. The molecule has 0 aromatic rings. The number of nitrogens with two attached hydrogens (primary N) is 1. The Morgan fingerprint density at radius 2 is 2.22 bits per heavy atom. The maximum absolute atomic E-state index is 5.69. The van der Waals surface area contributed by atoms with E-state index in [9.17, 15) is 0 Å². The highest BCUT2D eigenvalue weighted by Gasteiger charge is 2.74.